The van der Waals surface area contributed by atoms with Crippen molar-refractivity contribution >= 4 is 29.1 Å². The lowest BCUT2D eigenvalue weighted by Crippen LogP contribution is -2.26. The lowest BCUT2D eigenvalue weighted by atomic mass is 10.2. The zero-order chi connectivity index (χ0) is 13.6. The molecule has 1 aromatic carbocycles. The number of carbonyl (C=O) groups excluding carboxylic acids is 1. The molecule has 0 bridgehead atoms. The lowest BCUT2D eigenvalue weighted by molar-refractivity contribution is -0.158. The summed E-state index contributed by atoms with van der Waals surface area (Å²) in [5, 5.41) is 0.826. The quantitative estimate of drug-likeness (QED) is 0.839. The van der Waals surface area contributed by atoms with E-state index in [2.05, 4.69) is 0 Å². The Bertz CT molecular complexity index is 500. The maximum Gasteiger partial charge on any atom is 0.165 e. The number of halogens is 1. The molecular weight excluding hydrogens is 284 g/mol. The molecule has 5 heteroatoms. The van der Waals surface area contributed by atoms with E-state index >= 15 is 0 Å². The first-order valence-electron chi connectivity index (χ1n) is 6.25. The molecule has 1 aliphatic heterocycles. The van der Waals surface area contributed by atoms with E-state index in [9.17, 15) is 4.79 Å². The Hall–Kier alpha value is -0.550. The number of carbonyl (C=O) groups is 1. The van der Waals surface area contributed by atoms with Gasteiger partial charge < -0.3 is 9.47 Å². The highest BCUT2D eigenvalue weighted by atomic mass is 35.5. The summed E-state index contributed by atoms with van der Waals surface area (Å²) >= 11 is 7.53. The average molecular weight is 299 g/mol. The van der Waals surface area contributed by atoms with Crippen molar-refractivity contribution in [2.24, 2.45) is 0 Å². The smallest absolute Gasteiger partial charge is 0.165 e. The molecule has 0 aromatic heterocycles. The number of ether oxygens (including phenoxy) is 2. The molecule has 0 unspecified atom stereocenters. The van der Waals surface area contributed by atoms with E-state index in [1.54, 1.807) is 11.8 Å². The molecule has 1 heterocycles. The summed E-state index contributed by atoms with van der Waals surface area (Å²) in [6.45, 7) is 3.70. The summed E-state index contributed by atoms with van der Waals surface area (Å²) in [5.74, 6) is -0.522. The van der Waals surface area contributed by atoms with E-state index in [1.807, 2.05) is 38.1 Å². The van der Waals surface area contributed by atoms with E-state index in [4.69, 9.17) is 21.1 Å². The van der Waals surface area contributed by atoms with Gasteiger partial charge in [0.2, 0.25) is 0 Å². The minimum atomic E-state index is -0.662. The van der Waals surface area contributed by atoms with Gasteiger partial charge in [-0.25, -0.2) is 0 Å². The van der Waals surface area contributed by atoms with Gasteiger partial charge in [0, 0.05) is 21.6 Å². The molecule has 102 valence electrons. The molecule has 1 aliphatic carbocycles. The van der Waals surface area contributed by atoms with Gasteiger partial charge in [-0.15, -0.1) is 11.8 Å². The van der Waals surface area contributed by atoms with E-state index in [0.717, 1.165) is 4.90 Å². The molecule has 3 atom stereocenters. The molecule has 0 N–H and O–H groups in total. The second-order valence-electron chi connectivity index (χ2n) is 5.30. The molecule has 19 heavy (non-hydrogen) atoms. The van der Waals surface area contributed by atoms with Gasteiger partial charge in [0.15, 0.2) is 11.6 Å². The summed E-state index contributed by atoms with van der Waals surface area (Å²) in [6.07, 6.45) is -0.0541. The minimum Gasteiger partial charge on any atom is -0.343 e. The van der Waals surface area contributed by atoms with Crippen molar-refractivity contribution in [2.45, 2.75) is 48.4 Å². The third-order valence-corrected chi connectivity index (χ3v) is 4.85. The van der Waals surface area contributed by atoms with Crippen LogP contribution in [0.2, 0.25) is 5.02 Å². The fourth-order valence-corrected chi connectivity index (χ4v) is 3.89. The first-order valence-corrected chi connectivity index (χ1v) is 7.51. The molecule has 3 nitrogen and oxygen atoms in total. The maximum absolute atomic E-state index is 12.0. The maximum atomic E-state index is 12.0. The van der Waals surface area contributed by atoms with Crippen LogP contribution < -0.4 is 0 Å². The number of benzene rings is 1. The third kappa shape index (κ3) is 2.68. The second-order valence-corrected chi connectivity index (χ2v) is 7.05. The van der Waals surface area contributed by atoms with E-state index in [-0.39, 0.29) is 17.1 Å². The molecule has 0 amide bonds. The van der Waals surface area contributed by atoms with Crippen molar-refractivity contribution in [2.75, 3.05) is 0 Å². The second kappa shape index (κ2) is 4.77. The number of thioether (sulfide) groups is 1. The van der Waals surface area contributed by atoms with Crippen molar-refractivity contribution in [1.29, 1.82) is 0 Å². The van der Waals surface area contributed by atoms with Crippen molar-refractivity contribution in [1.82, 2.24) is 0 Å². The fourth-order valence-electron chi connectivity index (χ4n) is 2.54. The topological polar surface area (TPSA) is 35.5 Å². The van der Waals surface area contributed by atoms with E-state index < -0.39 is 11.9 Å². The summed E-state index contributed by atoms with van der Waals surface area (Å²) in [4.78, 5) is 13.1. The monoisotopic (exact) mass is 298 g/mol. The van der Waals surface area contributed by atoms with Crippen molar-refractivity contribution in [3.63, 3.8) is 0 Å². The Morgan fingerprint density at radius 3 is 2.63 bits per heavy atom. The van der Waals surface area contributed by atoms with Crippen LogP contribution >= 0.6 is 23.4 Å². The van der Waals surface area contributed by atoms with Gasteiger partial charge in [0.1, 0.15) is 12.2 Å². The van der Waals surface area contributed by atoms with Gasteiger partial charge in [0.05, 0.1) is 0 Å². The van der Waals surface area contributed by atoms with Gasteiger partial charge in [-0.3, -0.25) is 4.79 Å². The molecular formula is C14H15ClO3S. The minimum absolute atomic E-state index is 0.112. The van der Waals surface area contributed by atoms with Crippen LogP contribution in [0.5, 0.6) is 0 Å². The molecule has 2 aliphatic rings. The van der Waals surface area contributed by atoms with Crippen LogP contribution in [0.15, 0.2) is 29.2 Å². The van der Waals surface area contributed by atoms with Gasteiger partial charge in [-0.1, -0.05) is 11.6 Å². The predicted octanol–water partition coefficient (Wildman–Crippen LogP) is 3.29. The Balaban J connectivity index is 1.75. The van der Waals surface area contributed by atoms with Gasteiger partial charge in [-0.2, -0.15) is 0 Å². The Morgan fingerprint density at radius 2 is 1.95 bits per heavy atom. The predicted molar refractivity (Wildman–Crippen MR) is 74.5 cm³/mol. The molecule has 1 saturated carbocycles. The highest BCUT2D eigenvalue weighted by Gasteiger charge is 2.53. The van der Waals surface area contributed by atoms with Crippen molar-refractivity contribution < 1.29 is 14.3 Å². The first-order chi connectivity index (χ1) is 8.94. The van der Waals surface area contributed by atoms with Crippen molar-refractivity contribution in [3.05, 3.63) is 29.3 Å². The number of Topliss-reactive ketones (excluding diaryl/α,β-unsaturated/α-hetero) is 1. The van der Waals surface area contributed by atoms with Crippen LogP contribution in [0.25, 0.3) is 0 Å². The van der Waals surface area contributed by atoms with Gasteiger partial charge in [0.25, 0.3) is 0 Å². The van der Waals surface area contributed by atoms with E-state index in [0.29, 0.717) is 11.4 Å². The lowest BCUT2D eigenvalue weighted by Gasteiger charge is -2.21. The SMILES string of the molecule is CC1(C)O[C@@H]2[C@@H](Sc3ccc(Cl)cc3)CC(=O)[C@@H]2O1. The van der Waals surface area contributed by atoms with Gasteiger partial charge in [-0.05, 0) is 38.1 Å². The summed E-state index contributed by atoms with van der Waals surface area (Å²) in [6, 6.07) is 7.64. The van der Waals surface area contributed by atoms with Crippen LogP contribution in [-0.2, 0) is 14.3 Å². The number of ketones is 1. The molecule has 1 saturated heterocycles. The molecule has 0 spiro atoms. The highest BCUT2D eigenvalue weighted by Crippen LogP contribution is 2.43. The van der Waals surface area contributed by atoms with Crippen LogP contribution in [0, 0.1) is 0 Å². The van der Waals surface area contributed by atoms with Crippen molar-refractivity contribution in [3.8, 4) is 0 Å². The van der Waals surface area contributed by atoms with Crippen LogP contribution in [-0.4, -0.2) is 29.0 Å². The fraction of sp³-hybridized carbons (Fsp3) is 0.500. The Morgan fingerprint density at radius 1 is 1.26 bits per heavy atom. The first kappa shape index (κ1) is 13.4. The molecule has 2 fully saturated rings. The van der Waals surface area contributed by atoms with Crippen LogP contribution in [0.3, 0.4) is 0 Å². The molecule has 0 radical (unpaired) electrons. The largest absolute Gasteiger partial charge is 0.343 e. The summed E-state index contributed by atoms with van der Waals surface area (Å²) in [7, 11) is 0. The van der Waals surface area contributed by atoms with Crippen LogP contribution in [0.4, 0.5) is 0 Å². The number of hydrogen-bond donors (Lipinski definition) is 0. The summed E-state index contributed by atoms with van der Waals surface area (Å²) < 4.78 is 11.5. The number of rotatable bonds is 2. The zero-order valence-electron chi connectivity index (χ0n) is 10.8. The van der Waals surface area contributed by atoms with E-state index in [1.165, 1.54) is 0 Å². The Kier molecular flexibility index (Phi) is 3.38. The highest BCUT2D eigenvalue weighted by molar-refractivity contribution is 8.00. The number of fused-ring (bicyclic) bond motifs is 1. The molecule has 1 aromatic rings. The average Bonchev–Trinajstić information content (AvgIpc) is 2.79. The number of hydrogen-bond acceptors (Lipinski definition) is 4. The Labute approximate surface area is 121 Å². The standard InChI is InChI=1S/C14H15ClO3S/c1-14(2)17-12-10(16)7-11(13(12)18-14)19-9-5-3-8(15)4-6-9/h3-6,11-13H,7H2,1-2H3/t11-,12-,13+/m0/s1. The third-order valence-electron chi connectivity index (χ3n) is 3.32. The zero-order valence-corrected chi connectivity index (χ0v) is 12.3. The van der Waals surface area contributed by atoms with Crippen LogP contribution in [0.1, 0.15) is 20.3 Å². The normalized spacial score (nSPS) is 32.6. The summed E-state index contributed by atoms with van der Waals surface area (Å²) in [5.41, 5.74) is 0. The molecule has 3 rings (SSSR count). The van der Waals surface area contributed by atoms with Gasteiger partial charge >= 0.3 is 0 Å².